The Balaban J connectivity index is 1.68. The maximum Gasteiger partial charge on any atom is 0.416 e. The largest absolute Gasteiger partial charge is 0.497 e. The lowest BCUT2D eigenvalue weighted by Gasteiger charge is -2.11. The Hall–Kier alpha value is -3.49. The van der Waals surface area contributed by atoms with Gasteiger partial charge in [-0.05, 0) is 54.1 Å². The van der Waals surface area contributed by atoms with Crippen molar-refractivity contribution < 1.29 is 22.7 Å². The van der Waals surface area contributed by atoms with Gasteiger partial charge in [-0.2, -0.15) is 18.3 Å². The van der Waals surface area contributed by atoms with Gasteiger partial charge in [0.15, 0.2) is 0 Å². The van der Waals surface area contributed by atoms with Crippen LogP contribution in [0.5, 0.6) is 5.75 Å². The molecule has 0 aliphatic heterocycles. The van der Waals surface area contributed by atoms with Gasteiger partial charge in [0.25, 0.3) is 5.91 Å². The third kappa shape index (κ3) is 5.61. The first kappa shape index (κ1) is 24.6. The summed E-state index contributed by atoms with van der Waals surface area (Å²) < 4.78 is 45.7. The highest BCUT2D eigenvalue weighted by Gasteiger charge is 2.30. The highest BCUT2D eigenvalue weighted by Crippen LogP contribution is 2.30. The van der Waals surface area contributed by atoms with Crippen LogP contribution in [0.4, 0.5) is 13.2 Å². The second-order valence-electron chi connectivity index (χ2n) is 7.54. The van der Waals surface area contributed by atoms with Crippen LogP contribution in [-0.2, 0) is 12.7 Å². The van der Waals surface area contributed by atoms with E-state index in [1.54, 1.807) is 49.6 Å². The smallest absolute Gasteiger partial charge is 0.416 e. The molecule has 0 aliphatic rings. The number of amides is 1. The molecule has 0 spiro atoms. The van der Waals surface area contributed by atoms with E-state index in [9.17, 15) is 18.0 Å². The number of hydrogen-bond acceptors (Lipinski definition) is 3. The minimum Gasteiger partial charge on any atom is -0.497 e. The van der Waals surface area contributed by atoms with Gasteiger partial charge in [0.1, 0.15) is 11.4 Å². The molecule has 35 heavy (non-hydrogen) atoms. The van der Waals surface area contributed by atoms with Crippen LogP contribution >= 0.6 is 23.2 Å². The zero-order valence-corrected chi connectivity index (χ0v) is 19.7. The number of carbonyl (C=O) groups is 1. The molecule has 0 radical (unpaired) electrons. The van der Waals surface area contributed by atoms with Crippen LogP contribution in [-0.4, -0.2) is 22.8 Å². The van der Waals surface area contributed by atoms with E-state index in [1.807, 2.05) is 6.07 Å². The van der Waals surface area contributed by atoms with E-state index in [4.69, 9.17) is 27.9 Å². The molecular formula is C25H18Cl2F3N3O2. The Labute approximate surface area is 209 Å². The van der Waals surface area contributed by atoms with E-state index < -0.39 is 17.6 Å². The van der Waals surface area contributed by atoms with Crippen molar-refractivity contribution >= 4 is 29.1 Å². The lowest BCUT2D eigenvalue weighted by molar-refractivity contribution is -0.137. The highest BCUT2D eigenvalue weighted by molar-refractivity contribution is 6.42. The maximum absolute atomic E-state index is 13.1. The highest BCUT2D eigenvalue weighted by atomic mass is 35.5. The lowest BCUT2D eigenvalue weighted by atomic mass is 10.1. The van der Waals surface area contributed by atoms with Gasteiger partial charge in [-0.25, -0.2) is 4.68 Å². The van der Waals surface area contributed by atoms with Crippen LogP contribution in [0.1, 0.15) is 21.6 Å². The number of ether oxygens (including phenoxy) is 1. The number of methoxy groups -OCH3 is 1. The van der Waals surface area contributed by atoms with Gasteiger partial charge in [0.2, 0.25) is 0 Å². The average molecular weight is 520 g/mol. The molecule has 0 saturated heterocycles. The second kappa shape index (κ2) is 10.0. The van der Waals surface area contributed by atoms with Crippen LogP contribution < -0.4 is 10.1 Å². The fourth-order valence-corrected chi connectivity index (χ4v) is 3.70. The monoisotopic (exact) mass is 519 g/mol. The lowest BCUT2D eigenvalue weighted by Crippen LogP contribution is -2.25. The van der Waals surface area contributed by atoms with Crippen LogP contribution in [0.15, 0.2) is 72.8 Å². The minimum atomic E-state index is -4.47. The molecule has 4 aromatic rings. The first-order chi connectivity index (χ1) is 16.7. The molecule has 1 aromatic heterocycles. The van der Waals surface area contributed by atoms with Gasteiger partial charge in [0, 0.05) is 12.1 Å². The van der Waals surface area contributed by atoms with E-state index in [-0.39, 0.29) is 17.3 Å². The first-order valence-electron chi connectivity index (χ1n) is 10.3. The Morgan fingerprint density at radius 1 is 1.00 bits per heavy atom. The molecule has 0 unspecified atom stereocenters. The number of nitrogens with one attached hydrogen (secondary N) is 1. The summed E-state index contributed by atoms with van der Waals surface area (Å²) in [6.45, 7) is -0.107. The van der Waals surface area contributed by atoms with E-state index in [1.165, 1.54) is 16.8 Å². The second-order valence-corrected chi connectivity index (χ2v) is 8.35. The zero-order chi connectivity index (χ0) is 25.2. The molecule has 1 amide bonds. The molecule has 4 rings (SSSR count). The topological polar surface area (TPSA) is 56.1 Å². The zero-order valence-electron chi connectivity index (χ0n) is 18.2. The molecule has 1 N–H and O–H groups in total. The molecule has 180 valence electrons. The molecule has 0 bridgehead atoms. The van der Waals surface area contributed by atoms with Crippen molar-refractivity contribution in [1.82, 2.24) is 15.1 Å². The number of benzene rings is 3. The Morgan fingerprint density at radius 3 is 2.49 bits per heavy atom. The standard InChI is InChI=1S/C25H18Cl2F3N3O2/c1-35-19-7-3-5-16(11-19)22-13-23(33(32-22)18-8-9-20(26)21(27)12-18)24(34)31-14-15-4-2-6-17(10-15)25(28,29)30/h2-13H,14H2,1H3,(H,31,34). The quantitative estimate of drug-likeness (QED) is 0.304. The fourth-order valence-electron chi connectivity index (χ4n) is 3.41. The number of halogens is 5. The van der Waals surface area contributed by atoms with E-state index in [2.05, 4.69) is 10.4 Å². The average Bonchev–Trinajstić information content (AvgIpc) is 3.30. The van der Waals surface area contributed by atoms with Gasteiger partial charge in [-0.15, -0.1) is 0 Å². The first-order valence-corrected chi connectivity index (χ1v) is 11.1. The molecule has 3 aromatic carbocycles. The molecule has 5 nitrogen and oxygen atoms in total. The van der Waals surface area contributed by atoms with Crippen LogP contribution in [0.2, 0.25) is 10.0 Å². The number of nitrogens with zero attached hydrogens (tertiary/aromatic N) is 2. The molecule has 0 fully saturated rings. The SMILES string of the molecule is COc1cccc(-c2cc(C(=O)NCc3cccc(C(F)(F)F)c3)n(-c3ccc(Cl)c(Cl)c3)n2)c1. The Morgan fingerprint density at radius 2 is 1.77 bits per heavy atom. The van der Waals surface area contributed by atoms with Crippen molar-refractivity contribution in [2.75, 3.05) is 7.11 Å². The normalized spacial score (nSPS) is 11.4. The minimum absolute atomic E-state index is 0.107. The van der Waals surface area contributed by atoms with Crippen molar-refractivity contribution in [3.05, 3.63) is 99.7 Å². The number of hydrogen-bond donors (Lipinski definition) is 1. The number of rotatable bonds is 6. The Bertz CT molecular complexity index is 1390. The van der Waals surface area contributed by atoms with E-state index >= 15 is 0 Å². The molecule has 1 heterocycles. The van der Waals surface area contributed by atoms with Gasteiger partial charge in [0.05, 0.1) is 34.1 Å². The molecular weight excluding hydrogens is 502 g/mol. The van der Waals surface area contributed by atoms with Crippen molar-refractivity contribution in [3.8, 4) is 22.7 Å². The van der Waals surface area contributed by atoms with Crippen molar-refractivity contribution in [2.24, 2.45) is 0 Å². The molecule has 0 aliphatic carbocycles. The number of alkyl halides is 3. The third-order valence-electron chi connectivity index (χ3n) is 5.16. The van der Waals surface area contributed by atoms with Gasteiger partial charge >= 0.3 is 6.18 Å². The summed E-state index contributed by atoms with van der Waals surface area (Å²) in [7, 11) is 1.54. The summed E-state index contributed by atoms with van der Waals surface area (Å²) in [5.74, 6) is 0.0808. The maximum atomic E-state index is 13.1. The molecule has 0 saturated carbocycles. The fraction of sp³-hybridized carbons (Fsp3) is 0.120. The summed E-state index contributed by atoms with van der Waals surface area (Å²) in [5.41, 5.74) is 1.35. The number of aromatic nitrogens is 2. The van der Waals surface area contributed by atoms with Crippen LogP contribution in [0.25, 0.3) is 16.9 Å². The number of carbonyl (C=O) groups excluding carboxylic acids is 1. The predicted molar refractivity (Wildman–Crippen MR) is 128 cm³/mol. The van der Waals surface area contributed by atoms with Crippen molar-refractivity contribution in [1.29, 1.82) is 0 Å². The van der Waals surface area contributed by atoms with Gasteiger partial charge in [-0.3, -0.25) is 4.79 Å². The predicted octanol–water partition coefficient (Wildman–Crippen LogP) is 6.80. The van der Waals surface area contributed by atoms with Crippen molar-refractivity contribution in [3.63, 3.8) is 0 Å². The summed E-state index contributed by atoms with van der Waals surface area (Å²) in [5, 5.41) is 7.85. The summed E-state index contributed by atoms with van der Waals surface area (Å²) >= 11 is 12.2. The summed E-state index contributed by atoms with van der Waals surface area (Å²) in [6, 6.07) is 18.3. The summed E-state index contributed by atoms with van der Waals surface area (Å²) in [4.78, 5) is 13.1. The van der Waals surface area contributed by atoms with E-state index in [0.29, 0.717) is 33.3 Å². The molecule has 10 heteroatoms. The van der Waals surface area contributed by atoms with E-state index in [0.717, 1.165) is 12.1 Å². The third-order valence-corrected chi connectivity index (χ3v) is 5.90. The van der Waals surface area contributed by atoms with Crippen LogP contribution in [0, 0.1) is 0 Å². The van der Waals surface area contributed by atoms with Crippen molar-refractivity contribution in [2.45, 2.75) is 12.7 Å². The Kier molecular flexibility index (Phi) is 7.05. The van der Waals surface area contributed by atoms with Gasteiger partial charge < -0.3 is 10.1 Å². The molecule has 0 atom stereocenters. The van der Waals surface area contributed by atoms with Gasteiger partial charge in [-0.1, -0.05) is 47.5 Å². The summed E-state index contributed by atoms with van der Waals surface area (Å²) in [6.07, 6.45) is -4.47. The van der Waals surface area contributed by atoms with Crippen LogP contribution in [0.3, 0.4) is 0 Å².